The van der Waals surface area contributed by atoms with Crippen molar-refractivity contribution in [2.45, 2.75) is 38.6 Å². The molecule has 150 valence electrons. The van der Waals surface area contributed by atoms with Gasteiger partial charge in [-0.1, -0.05) is 41.4 Å². The van der Waals surface area contributed by atoms with Crippen molar-refractivity contribution >= 4 is 17.5 Å². The molecule has 1 aromatic heterocycles. The van der Waals surface area contributed by atoms with Crippen LogP contribution in [0.15, 0.2) is 30.5 Å². The van der Waals surface area contributed by atoms with E-state index in [1.165, 1.54) is 38.8 Å². The third-order valence-corrected chi connectivity index (χ3v) is 6.19. The normalized spacial score (nSPS) is 21.0. The van der Waals surface area contributed by atoms with Crippen molar-refractivity contribution in [2.24, 2.45) is 5.92 Å². The van der Waals surface area contributed by atoms with Crippen molar-refractivity contribution in [3.05, 3.63) is 46.7 Å². The molecule has 0 N–H and O–H groups in total. The summed E-state index contributed by atoms with van der Waals surface area (Å²) in [4.78, 5) is 17.5. The number of rotatable bonds is 5. The van der Waals surface area contributed by atoms with Crippen LogP contribution in [0.4, 0.5) is 0 Å². The van der Waals surface area contributed by atoms with E-state index >= 15 is 0 Å². The number of aromatic nitrogens is 3. The maximum atomic E-state index is 12.9. The summed E-state index contributed by atoms with van der Waals surface area (Å²) >= 11 is 6.22. The SMILES string of the molecule is O=C(c1cn(Cc2ccccc2Cl)nn1)N1CCC[C@H](CN2CCCCC2)C1. The van der Waals surface area contributed by atoms with Crippen LogP contribution in [0, 0.1) is 5.92 Å². The number of hydrogen-bond acceptors (Lipinski definition) is 4. The van der Waals surface area contributed by atoms with E-state index in [4.69, 9.17) is 11.6 Å². The lowest BCUT2D eigenvalue weighted by Gasteiger charge is -2.36. The number of piperidine rings is 2. The molecule has 6 nitrogen and oxygen atoms in total. The molecule has 1 amide bonds. The second kappa shape index (κ2) is 9.05. The van der Waals surface area contributed by atoms with Crippen LogP contribution in [0.25, 0.3) is 0 Å². The van der Waals surface area contributed by atoms with E-state index in [0.717, 1.165) is 31.6 Å². The zero-order chi connectivity index (χ0) is 19.3. The van der Waals surface area contributed by atoms with Crippen LogP contribution in [0.3, 0.4) is 0 Å². The fourth-order valence-electron chi connectivity index (χ4n) is 4.34. The minimum absolute atomic E-state index is 0.00578. The number of hydrogen-bond donors (Lipinski definition) is 0. The van der Waals surface area contributed by atoms with Gasteiger partial charge in [0.25, 0.3) is 5.91 Å². The molecule has 4 rings (SSSR count). The summed E-state index contributed by atoms with van der Waals surface area (Å²) in [6, 6.07) is 7.66. The molecule has 7 heteroatoms. The molecule has 1 atom stereocenters. The predicted octanol–water partition coefficient (Wildman–Crippen LogP) is 3.32. The van der Waals surface area contributed by atoms with Gasteiger partial charge in [0, 0.05) is 24.7 Å². The molecule has 2 fully saturated rings. The number of amides is 1. The zero-order valence-electron chi connectivity index (χ0n) is 16.3. The Morgan fingerprint density at radius 2 is 1.93 bits per heavy atom. The van der Waals surface area contributed by atoms with Crippen molar-refractivity contribution in [1.29, 1.82) is 0 Å². The molecular weight excluding hydrogens is 374 g/mol. The fourth-order valence-corrected chi connectivity index (χ4v) is 4.54. The molecule has 0 spiro atoms. The summed E-state index contributed by atoms with van der Waals surface area (Å²) in [5.74, 6) is 0.558. The summed E-state index contributed by atoms with van der Waals surface area (Å²) in [7, 11) is 0. The van der Waals surface area contributed by atoms with Gasteiger partial charge in [0.15, 0.2) is 5.69 Å². The highest BCUT2D eigenvalue weighted by Crippen LogP contribution is 2.21. The van der Waals surface area contributed by atoms with Gasteiger partial charge in [-0.15, -0.1) is 5.10 Å². The Balaban J connectivity index is 1.36. The van der Waals surface area contributed by atoms with Gasteiger partial charge in [0.2, 0.25) is 0 Å². The first-order chi connectivity index (χ1) is 13.7. The molecule has 0 unspecified atom stereocenters. The van der Waals surface area contributed by atoms with Crippen molar-refractivity contribution in [3.63, 3.8) is 0 Å². The summed E-state index contributed by atoms with van der Waals surface area (Å²) in [5, 5.41) is 8.96. The molecule has 3 heterocycles. The quantitative estimate of drug-likeness (QED) is 0.771. The molecule has 0 bridgehead atoms. The summed E-state index contributed by atoms with van der Waals surface area (Å²) in [6.45, 7) is 5.68. The highest BCUT2D eigenvalue weighted by Gasteiger charge is 2.27. The predicted molar refractivity (Wildman–Crippen MR) is 109 cm³/mol. The lowest BCUT2D eigenvalue weighted by Crippen LogP contribution is -2.44. The average Bonchev–Trinajstić information content (AvgIpc) is 3.19. The van der Waals surface area contributed by atoms with E-state index in [0.29, 0.717) is 23.2 Å². The highest BCUT2D eigenvalue weighted by molar-refractivity contribution is 6.31. The average molecular weight is 402 g/mol. The van der Waals surface area contributed by atoms with Crippen LogP contribution >= 0.6 is 11.6 Å². The Kier molecular flexibility index (Phi) is 6.27. The Bertz CT molecular complexity index is 802. The molecule has 2 aromatic rings. The molecule has 2 aliphatic heterocycles. The zero-order valence-corrected chi connectivity index (χ0v) is 17.0. The lowest BCUT2D eigenvalue weighted by atomic mass is 9.96. The van der Waals surface area contributed by atoms with Gasteiger partial charge in [0.05, 0.1) is 12.7 Å². The minimum Gasteiger partial charge on any atom is -0.337 e. The molecule has 0 saturated carbocycles. The first-order valence-electron chi connectivity index (χ1n) is 10.3. The van der Waals surface area contributed by atoms with Gasteiger partial charge in [0.1, 0.15) is 0 Å². The molecule has 2 aliphatic rings. The highest BCUT2D eigenvalue weighted by atomic mass is 35.5. The standard InChI is InChI=1S/C21H28ClN5O/c22-19-9-3-2-8-18(19)15-27-16-20(23-24-27)21(28)26-12-6-7-17(14-26)13-25-10-4-1-5-11-25/h2-3,8-9,16-17H,1,4-7,10-15H2/t17-/m1/s1. The molecule has 0 aliphatic carbocycles. The van der Waals surface area contributed by atoms with E-state index in [1.54, 1.807) is 10.9 Å². The monoisotopic (exact) mass is 401 g/mol. The Morgan fingerprint density at radius 1 is 1.11 bits per heavy atom. The van der Waals surface area contributed by atoms with E-state index < -0.39 is 0 Å². The first kappa shape index (κ1) is 19.4. The molecule has 1 aromatic carbocycles. The molecular formula is C21H28ClN5O. The van der Waals surface area contributed by atoms with Crippen LogP contribution in [0.5, 0.6) is 0 Å². The Hall–Kier alpha value is -1.92. The first-order valence-corrected chi connectivity index (χ1v) is 10.7. The summed E-state index contributed by atoms with van der Waals surface area (Å²) < 4.78 is 1.68. The van der Waals surface area contributed by atoms with Crippen molar-refractivity contribution < 1.29 is 4.79 Å². The maximum absolute atomic E-state index is 12.9. The molecule has 28 heavy (non-hydrogen) atoms. The van der Waals surface area contributed by atoms with Crippen LogP contribution < -0.4 is 0 Å². The van der Waals surface area contributed by atoms with Gasteiger partial charge < -0.3 is 9.80 Å². The minimum atomic E-state index is -0.00578. The van der Waals surface area contributed by atoms with Crippen LogP contribution in [0.1, 0.15) is 48.2 Å². The van der Waals surface area contributed by atoms with E-state index in [2.05, 4.69) is 15.2 Å². The second-order valence-electron chi connectivity index (χ2n) is 8.01. The Labute approximate surface area is 171 Å². The second-order valence-corrected chi connectivity index (χ2v) is 8.42. The third-order valence-electron chi connectivity index (χ3n) is 5.82. The van der Waals surface area contributed by atoms with Gasteiger partial charge in [-0.25, -0.2) is 4.68 Å². The van der Waals surface area contributed by atoms with Crippen molar-refractivity contribution in [3.8, 4) is 0 Å². The number of likely N-dealkylation sites (tertiary alicyclic amines) is 2. The maximum Gasteiger partial charge on any atom is 0.276 e. The van der Waals surface area contributed by atoms with Crippen LogP contribution in [0.2, 0.25) is 5.02 Å². The number of carbonyl (C=O) groups is 1. The lowest BCUT2D eigenvalue weighted by molar-refractivity contribution is 0.0625. The van der Waals surface area contributed by atoms with E-state index in [1.807, 2.05) is 29.2 Å². The van der Waals surface area contributed by atoms with Gasteiger partial charge in [-0.05, 0) is 56.3 Å². The van der Waals surface area contributed by atoms with E-state index in [9.17, 15) is 4.79 Å². The number of carbonyl (C=O) groups excluding carboxylic acids is 1. The van der Waals surface area contributed by atoms with E-state index in [-0.39, 0.29) is 5.91 Å². The smallest absolute Gasteiger partial charge is 0.276 e. The third kappa shape index (κ3) is 4.73. The van der Waals surface area contributed by atoms with Gasteiger partial charge >= 0.3 is 0 Å². The number of halogens is 1. The van der Waals surface area contributed by atoms with Crippen molar-refractivity contribution in [1.82, 2.24) is 24.8 Å². The largest absolute Gasteiger partial charge is 0.337 e. The fraction of sp³-hybridized carbons (Fsp3) is 0.571. The summed E-state index contributed by atoms with van der Waals surface area (Å²) in [6.07, 6.45) is 7.99. The number of benzene rings is 1. The topological polar surface area (TPSA) is 54.3 Å². The van der Waals surface area contributed by atoms with Crippen LogP contribution in [-0.2, 0) is 6.54 Å². The number of nitrogens with zero attached hydrogens (tertiary/aromatic N) is 5. The van der Waals surface area contributed by atoms with Crippen LogP contribution in [-0.4, -0.2) is 63.4 Å². The van der Waals surface area contributed by atoms with Gasteiger partial charge in [-0.2, -0.15) is 0 Å². The Morgan fingerprint density at radius 3 is 2.75 bits per heavy atom. The van der Waals surface area contributed by atoms with Gasteiger partial charge in [-0.3, -0.25) is 4.79 Å². The molecule has 2 saturated heterocycles. The van der Waals surface area contributed by atoms with Crippen molar-refractivity contribution in [2.75, 3.05) is 32.7 Å². The molecule has 0 radical (unpaired) electrons. The summed E-state index contributed by atoms with van der Waals surface area (Å²) in [5.41, 5.74) is 1.39.